The number of aliphatic hydroxyl groups is 1. The van der Waals surface area contributed by atoms with Crippen LogP contribution in [-0.2, 0) is 12.0 Å². The number of hydrogen-bond donors (Lipinski definition) is 1. The monoisotopic (exact) mass is 357 g/mol. The molecule has 2 nitrogen and oxygen atoms in total. The van der Waals surface area contributed by atoms with E-state index in [9.17, 15) is 5.11 Å². The van der Waals surface area contributed by atoms with Crippen molar-refractivity contribution in [1.82, 2.24) is 4.90 Å². The number of benzene rings is 2. The average molecular weight is 358 g/mol. The summed E-state index contributed by atoms with van der Waals surface area (Å²) in [7, 11) is 0. The molecule has 2 aromatic rings. The van der Waals surface area contributed by atoms with Crippen LogP contribution in [0.5, 0.6) is 0 Å². The number of aryl methyl sites for hydroxylation is 1. The summed E-state index contributed by atoms with van der Waals surface area (Å²) in [4.78, 5) is 2.42. The molecule has 25 heavy (non-hydrogen) atoms. The Labute approximate surface area is 156 Å². The molecule has 1 fully saturated rings. The number of piperidine rings is 1. The molecule has 134 valence electrons. The van der Waals surface area contributed by atoms with Crippen LogP contribution < -0.4 is 0 Å². The Morgan fingerprint density at radius 2 is 1.84 bits per heavy atom. The molecular formula is C22H28ClNO. The molecular weight excluding hydrogens is 330 g/mol. The van der Waals surface area contributed by atoms with Crippen molar-refractivity contribution in [3.8, 4) is 0 Å². The van der Waals surface area contributed by atoms with Gasteiger partial charge >= 0.3 is 0 Å². The first-order valence-electron chi connectivity index (χ1n) is 9.28. The van der Waals surface area contributed by atoms with Gasteiger partial charge in [-0.1, -0.05) is 54.1 Å². The minimum Gasteiger partial charge on any atom is -0.384 e. The van der Waals surface area contributed by atoms with Crippen LogP contribution in [0.2, 0.25) is 5.02 Å². The van der Waals surface area contributed by atoms with E-state index in [4.69, 9.17) is 11.6 Å². The zero-order valence-corrected chi connectivity index (χ0v) is 15.8. The van der Waals surface area contributed by atoms with Gasteiger partial charge in [0.15, 0.2) is 0 Å². The van der Waals surface area contributed by atoms with Crippen LogP contribution in [0.4, 0.5) is 0 Å². The summed E-state index contributed by atoms with van der Waals surface area (Å²) in [6, 6.07) is 18.3. The highest BCUT2D eigenvalue weighted by Crippen LogP contribution is 2.27. The topological polar surface area (TPSA) is 23.5 Å². The second kappa shape index (κ2) is 8.35. The number of nitrogens with zero attached hydrogens (tertiary/aromatic N) is 1. The van der Waals surface area contributed by atoms with Gasteiger partial charge in [-0.05, 0) is 68.3 Å². The van der Waals surface area contributed by atoms with Crippen LogP contribution in [0.25, 0.3) is 0 Å². The Kier molecular flexibility index (Phi) is 6.16. The van der Waals surface area contributed by atoms with Gasteiger partial charge in [0.1, 0.15) is 0 Å². The standard InChI is InChI=1S/C22H28ClNO/c1-22(25,20-11-13-21(23)14-12-20)17-24-15-5-8-19(16-24)10-9-18-6-3-2-4-7-18/h2-4,6-7,11-14,19,25H,5,8-10,15-17H2,1H3/t19-,22+/m1/s1. The summed E-state index contributed by atoms with van der Waals surface area (Å²) in [5, 5.41) is 11.6. The third-order valence-corrected chi connectivity index (χ3v) is 5.54. The Hall–Kier alpha value is -1.35. The summed E-state index contributed by atoms with van der Waals surface area (Å²) in [5.41, 5.74) is 1.52. The normalized spacial score (nSPS) is 21.0. The summed E-state index contributed by atoms with van der Waals surface area (Å²) >= 11 is 5.97. The van der Waals surface area contributed by atoms with Gasteiger partial charge in [0, 0.05) is 18.1 Å². The largest absolute Gasteiger partial charge is 0.384 e. The molecule has 0 unspecified atom stereocenters. The third-order valence-electron chi connectivity index (χ3n) is 5.28. The first-order valence-corrected chi connectivity index (χ1v) is 9.65. The molecule has 1 aliphatic heterocycles. The SMILES string of the molecule is C[C@](O)(CN1CCC[C@H](CCc2ccccc2)C1)c1ccc(Cl)cc1. The predicted molar refractivity (Wildman–Crippen MR) is 105 cm³/mol. The highest BCUT2D eigenvalue weighted by molar-refractivity contribution is 6.30. The molecule has 0 spiro atoms. The molecule has 0 bridgehead atoms. The molecule has 2 atom stereocenters. The van der Waals surface area contributed by atoms with Gasteiger partial charge in [-0.25, -0.2) is 0 Å². The lowest BCUT2D eigenvalue weighted by Crippen LogP contribution is -2.44. The van der Waals surface area contributed by atoms with E-state index in [1.54, 1.807) is 0 Å². The van der Waals surface area contributed by atoms with Gasteiger partial charge in [0.2, 0.25) is 0 Å². The molecule has 0 aromatic heterocycles. The molecule has 0 radical (unpaired) electrons. The highest BCUT2D eigenvalue weighted by atomic mass is 35.5. The van der Waals surface area contributed by atoms with E-state index >= 15 is 0 Å². The Balaban J connectivity index is 1.54. The number of hydrogen-bond acceptors (Lipinski definition) is 2. The molecule has 3 heteroatoms. The number of β-amino-alcohol motifs (C(OH)–C–C–N with tert-alkyl or cyclic N) is 1. The minimum atomic E-state index is -0.841. The molecule has 0 saturated carbocycles. The Bertz CT molecular complexity index is 653. The number of rotatable bonds is 6. The molecule has 3 rings (SSSR count). The fourth-order valence-corrected chi connectivity index (χ4v) is 4.01. The lowest BCUT2D eigenvalue weighted by molar-refractivity contribution is 0.00263. The molecule has 2 aromatic carbocycles. The van der Waals surface area contributed by atoms with E-state index in [0.717, 1.165) is 31.0 Å². The first-order chi connectivity index (χ1) is 12.0. The van der Waals surface area contributed by atoms with Crippen molar-refractivity contribution in [2.75, 3.05) is 19.6 Å². The zero-order chi connectivity index (χ0) is 17.7. The van der Waals surface area contributed by atoms with E-state index in [0.29, 0.717) is 11.6 Å². The quantitative estimate of drug-likeness (QED) is 0.795. The van der Waals surface area contributed by atoms with Gasteiger partial charge in [-0.2, -0.15) is 0 Å². The summed E-state index contributed by atoms with van der Waals surface area (Å²) in [5.74, 6) is 0.718. The molecule has 1 aliphatic rings. The van der Waals surface area contributed by atoms with Crippen LogP contribution in [0.1, 0.15) is 37.3 Å². The maximum Gasteiger partial charge on any atom is 0.0994 e. The second-order valence-corrected chi connectivity index (χ2v) is 7.98. The molecule has 0 aliphatic carbocycles. The van der Waals surface area contributed by atoms with Crippen molar-refractivity contribution in [2.45, 2.75) is 38.2 Å². The second-order valence-electron chi connectivity index (χ2n) is 7.55. The van der Waals surface area contributed by atoms with Gasteiger partial charge in [0.25, 0.3) is 0 Å². The summed E-state index contributed by atoms with van der Waals surface area (Å²) in [6.07, 6.45) is 4.89. The van der Waals surface area contributed by atoms with Crippen LogP contribution in [0.3, 0.4) is 0 Å². The molecule has 1 N–H and O–H groups in total. The minimum absolute atomic E-state index is 0.677. The number of likely N-dealkylation sites (tertiary alicyclic amines) is 1. The van der Waals surface area contributed by atoms with Crippen molar-refractivity contribution in [2.24, 2.45) is 5.92 Å². The molecule has 1 heterocycles. The smallest absolute Gasteiger partial charge is 0.0994 e. The van der Waals surface area contributed by atoms with E-state index in [2.05, 4.69) is 35.2 Å². The third kappa shape index (κ3) is 5.31. The highest BCUT2D eigenvalue weighted by Gasteiger charge is 2.29. The van der Waals surface area contributed by atoms with Crippen LogP contribution in [0.15, 0.2) is 54.6 Å². The van der Waals surface area contributed by atoms with Crippen LogP contribution in [-0.4, -0.2) is 29.6 Å². The lowest BCUT2D eigenvalue weighted by Gasteiger charge is -2.37. The maximum atomic E-state index is 10.9. The summed E-state index contributed by atoms with van der Waals surface area (Å²) in [6.45, 7) is 4.74. The average Bonchev–Trinajstić information content (AvgIpc) is 2.61. The molecule has 0 amide bonds. The van der Waals surface area contributed by atoms with Crippen LogP contribution >= 0.6 is 11.6 Å². The van der Waals surface area contributed by atoms with Gasteiger partial charge in [-0.15, -0.1) is 0 Å². The Morgan fingerprint density at radius 1 is 1.12 bits per heavy atom. The van der Waals surface area contributed by atoms with Crippen molar-refractivity contribution < 1.29 is 5.11 Å². The Morgan fingerprint density at radius 3 is 2.56 bits per heavy atom. The van der Waals surface area contributed by atoms with Crippen molar-refractivity contribution >= 4 is 11.6 Å². The fourth-order valence-electron chi connectivity index (χ4n) is 3.88. The van der Waals surface area contributed by atoms with Crippen molar-refractivity contribution in [3.05, 3.63) is 70.7 Å². The maximum absolute atomic E-state index is 10.9. The van der Waals surface area contributed by atoms with Gasteiger partial charge < -0.3 is 5.11 Å². The van der Waals surface area contributed by atoms with Crippen molar-refractivity contribution in [3.63, 3.8) is 0 Å². The van der Waals surface area contributed by atoms with Gasteiger partial charge in [0.05, 0.1) is 5.60 Å². The molecule has 1 saturated heterocycles. The van der Waals surface area contributed by atoms with Crippen molar-refractivity contribution in [1.29, 1.82) is 0 Å². The number of halogens is 1. The first kappa shape index (κ1) is 18.4. The summed E-state index contributed by atoms with van der Waals surface area (Å²) < 4.78 is 0. The van der Waals surface area contributed by atoms with E-state index in [1.165, 1.54) is 24.8 Å². The van der Waals surface area contributed by atoms with E-state index < -0.39 is 5.60 Å². The zero-order valence-electron chi connectivity index (χ0n) is 15.0. The fraction of sp³-hybridized carbons (Fsp3) is 0.455. The predicted octanol–water partition coefficient (Wildman–Crippen LogP) is 4.89. The van der Waals surface area contributed by atoms with Crippen LogP contribution in [0, 0.1) is 5.92 Å². The van der Waals surface area contributed by atoms with E-state index in [-0.39, 0.29) is 0 Å². The van der Waals surface area contributed by atoms with Gasteiger partial charge in [-0.3, -0.25) is 4.90 Å². The lowest BCUT2D eigenvalue weighted by atomic mass is 9.89. The van der Waals surface area contributed by atoms with E-state index in [1.807, 2.05) is 31.2 Å².